The molecule has 1 aromatic carbocycles. The van der Waals surface area contributed by atoms with Gasteiger partial charge in [0.1, 0.15) is 0 Å². The zero-order chi connectivity index (χ0) is 8.84. The first-order valence-electron chi connectivity index (χ1n) is 3.85. The Kier molecular flexibility index (Phi) is 1.02. The van der Waals surface area contributed by atoms with Gasteiger partial charge in [0.05, 0.1) is 5.39 Å². The van der Waals surface area contributed by atoms with Gasteiger partial charge in [-0.15, -0.1) is 0 Å². The monoisotopic (exact) mass is 175 g/mol. The van der Waals surface area contributed by atoms with Crippen LogP contribution in [0.4, 0.5) is 0 Å². The van der Waals surface area contributed by atoms with Gasteiger partial charge in [-0.2, -0.15) is 5.16 Å². The maximum absolute atomic E-state index is 11.6. The van der Waals surface area contributed by atoms with E-state index in [0.29, 0.717) is 21.9 Å². The highest BCUT2D eigenvalue weighted by molar-refractivity contribution is 5.75. The van der Waals surface area contributed by atoms with Crippen molar-refractivity contribution >= 4 is 11.0 Å². The Morgan fingerprint density at radius 3 is 3.00 bits per heavy atom. The first kappa shape index (κ1) is 6.54. The van der Waals surface area contributed by atoms with Crippen LogP contribution in [0.1, 0.15) is 0 Å². The topological polar surface area (TPSA) is 59.1 Å². The van der Waals surface area contributed by atoms with Crippen molar-refractivity contribution in [2.24, 2.45) is 0 Å². The van der Waals surface area contributed by atoms with Crippen LogP contribution in [0.3, 0.4) is 0 Å². The predicted molar refractivity (Wildman–Crippen MR) is 44.4 cm³/mol. The van der Waals surface area contributed by atoms with Crippen molar-refractivity contribution in [2.45, 2.75) is 0 Å². The normalized spacial score (nSPS) is 11.4. The van der Waals surface area contributed by atoms with Gasteiger partial charge in [-0.05, 0) is 12.1 Å². The molecule has 0 unspecified atom stereocenters. The molecule has 1 aromatic rings. The summed E-state index contributed by atoms with van der Waals surface area (Å²) in [6.07, 6.45) is 0. The number of nitrogens with one attached hydrogen (secondary N) is 1. The van der Waals surface area contributed by atoms with Crippen molar-refractivity contribution in [3.63, 3.8) is 0 Å². The molecule has 0 bridgehead atoms. The molecule has 64 valence electrons. The van der Waals surface area contributed by atoms with Crippen LogP contribution < -0.4 is 5.43 Å². The largest absolute Gasteiger partial charge is 0.425 e. The Bertz CT molecular complexity index is 673. The molecule has 0 atom stereocenters. The average Bonchev–Trinajstić information content (AvgIpc) is 2.92. The number of aromatic nitrogens is 1. The molecule has 2 heterocycles. The summed E-state index contributed by atoms with van der Waals surface area (Å²) in [6.45, 7) is 0. The third-order valence-corrected chi connectivity index (χ3v) is 1.96. The van der Waals surface area contributed by atoms with Crippen molar-refractivity contribution in [3.8, 4) is 0 Å². The van der Waals surface area contributed by atoms with E-state index in [1.807, 2.05) is 0 Å². The molecule has 13 heavy (non-hydrogen) atoms. The van der Waals surface area contributed by atoms with Crippen LogP contribution in [0.2, 0.25) is 0 Å². The fourth-order valence-corrected chi connectivity index (χ4v) is 1.26. The minimum Gasteiger partial charge on any atom is -0.425 e. The second kappa shape index (κ2) is 2.04. The summed E-state index contributed by atoms with van der Waals surface area (Å²) < 4.78 is 9.99. The van der Waals surface area contributed by atoms with Crippen molar-refractivity contribution in [3.05, 3.63) is 45.5 Å². The fraction of sp³-hybridized carbons (Fsp3) is 0. The number of benzene rings is 1. The van der Waals surface area contributed by atoms with Gasteiger partial charge >= 0.3 is 0 Å². The van der Waals surface area contributed by atoms with Crippen LogP contribution in [0.15, 0.2) is 38.0 Å². The van der Waals surface area contributed by atoms with E-state index in [2.05, 4.69) is 5.16 Å². The number of para-hydroxylation sites is 1. The molecule has 0 amide bonds. The molecular formula is C9H5NO3. The summed E-state index contributed by atoms with van der Waals surface area (Å²) in [5, 5.41) is 3.07. The molecular weight excluding hydrogens is 170 g/mol. The van der Waals surface area contributed by atoms with Crippen molar-refractivity contribution < 1.29 is 8.94 Å². The summed E-state index contributed by atoms with van der Waals surface area (Å²) in [7, 11) is 0. The molecule has 0 saturated heterocycles. The highest BCUT2D eigenvalue weighted by Gasteiger charge is 2.08. The SMILES string of the molecule is O=c1c2oc=2[nH]oc2ccccc12. The van der Waals surface area contributed by atoms with Gasteiger partial charge in [-0.3, -0.25) is 4.79 Å². The predicted octanol–water partition coefficient (Wildman–Crippen LogP) is 1.44. The van der Waals surface area contributed by atoms with E-state index < -0.39 is 0 Å². The number of hydrogen-bond acceptors (Lipinski definition) is 3. The molecule has 0 spiro atoms. The Morgan fingerprint density at radius 1 is 1.23 bits per heavy atom. The third-order valence-electron chi connectivity index (χ3n) is 1.96. The number of rotatable bonds is 0. The van der Waals surface area contributed by atoms with Crippen molar-refractivity contribution in [1.82, 2.24) is 5.16 Å². The Morgan fingerprint density at radius 2 is 2.08 bits per heavy atom. The number of fused-ring (bicyclic) bond motifs is 1. The Hall–Kier alpha value is -1.97. The van der Waals surface area contributed by atoms with Crippen LogP contribution >= 0.6 is 0 Å². The van der Waals surface area contributed by atoms with E-state index in [0.717, 1.165) is 0 Å². The maximum atomic E-state index is 11.6. The van der Waals surface area contributed by atoms with Crippen LogP contribution in [-0.2, 0) is 0 Å². The van der Waals surface area contributed by atoms with Gasteiger partial charge in [-0.25, -0.2) is 0 Å². The summed E-state index contributed by atoms with van der Waals surface area (Å²) in [4.78, 5) is 11.6. The first-order valence-corrected chi connectivity index (χ1v) is 3.85. The number of hydrogen-bond donors (Lipinski definition) is 1. The molecule has 4 heteroatoms. The summed E-state index contributed by atoms with van der Waals surface area (Å²) in [5.74, 6) is 0. The molecule has 0 aliphatic carbocycles. The van der Waals surface area contributed by atoms with Gasteiger partial charge in [-0.1, -0.05) is 12.1 Å². The lowest BCUT2D eigenvalue weighted by atomic mass is 10.2. The summed E-state index contributed by atoms with van der Waals surface area (Å²) in [6, 6.07) is 7.03. The summed E-state index contributed by atoms with van der Waals surface area (Å²) in [5.41, 5.74) is 1.17. The van der Waals surface area contributed by atoms with Crippen molar-refractivity contribution in [2.75, 3.05) is 0 Å². The fourth-order valence-electron chi connectivity index (χ4n) is 1.26. The van der Waals surface area contributed by atoms with Gasteiger partial charge in [0.25, 0.3) is 5.55 Å². The van der Waals surface area contributed by atoms with E-state index >= 15 is 0 Å². The smallest absolute Gasteiger partial charge is 0.275 e. The van der Waals surface area contributed by atoms with Gasteiger partial charge < -0.3 is 8.94 Å². The lowest BCUT2D eigenvalue weighted by Gasteiger charge is -1.86. The Labute approximate surface area is 71.4 Å². The first-order chi connectivity index (χ1) is 6.36. The number of aromatic amines is 1. The molecule has 1 N–H and O–H groups in total. The molecule has 2 aliphatic heterocycles. The third kappa shape index (κ3) is 0.823. The lowest BCUT2D eigenvalue weighted by Crippen LogP contribution is -1.95. The average molecular weight is 175 g/mol. The van der Waals surface area contributed by atoms with Gasteiger partial charge in [0.15, 0.2) is 5.58 Å². The van der Waals surface area contributed by atoms with Crippen LogP contribution in [-0.4, -0.2) is 5.16 Å². The number of H-pyrrole nitrogens is 1. The molecule has 0 saturated carbocycles. The lowest BCUT2D eigenvalue weighted by molar-refractivity contribution is 0.415. The van der Waals surface area contributed by atoms with Gasteiger partial charge in [0, 0.05) is 0 Å². The minimum absolute atomic E-state index is 0.129. The van der Waals surface area contributed by atoms with E-state index in [1.165, 1.54) is 0 Å². The highest BCUT2D eigenvalue weighted by Crippen LogP contribution is 2.08. The molecule has 3 rings (SSSR count). The quantitative estimate of drug-likeness (QED) is 0.562. The molecule has 4 nitrogen and oxygen atoms in total. The van der Waals surface area contributed by atoms with Crippen LogP contribution in [0.5, 0.6) is 0 Å². The van der Waals surface area contributed by atoms with E-state index in [9.17, 15) is 4.79 Å². The molecule has 0 fully saturated rings. The zero-order valence-corrected chi connectivity index (χ0v) is 6.53. The second-order valence-electron chi connectivity index (χ2n) is 2.79. The minimum atomic E-state index is -0.129. The standard InChI is InChI=1S/C9H5NO3/c11-7-5-3-1-2-4-6(5)13-10-9-8(7)12-9/h1-4,10H. The zero-order valence-electron chi connectivity index (χ0n) is 6.53. The van der Waals surface area contributed by atoms with Crippen LogP contribution in [0.25, 0.3) is 11.0 Å². The highest BCUT2D eigenvalue weighted by atomic mass is 16.5. The summed E-state index contributed by atoms with van der Waals surface area (Å²) >= 11 is 0. The van der Waals surface area contributed by atoms with Gasteiger partial charge in [0.2, 0.25) is 10.8 Å². The van der Waals surface area contributed by atoms with E-state index in [4.69, 9.17) is 8.94 Å². The molecule has 2 aliphatic rings. The van der Waals surface area contributed by atoms with Crippen LogP contribution in [0, 0.1) is 11.0 Å². The maximum Gasteiger partial charge on any atom is 0.275 e. The second-order valence-corrected chi connectivity index (χ2v) is 2.79. The molecule has 0 aromatic heterocycles. The van der Waals surface area contributed by atoms with Crippen molar-refractivity contribution in [1.29, 1.82) is 0 Å². The van der Waals surface area contributed by atoms with E-state index in [-0.39, 0.29) is 5.43 Å². The Balaban J connectivity index is 2.73. The molecule has 0 radical (unpaired) electrons. The van der Waals surface area contributed by atoms with E-state index in [1.54, 1.807) is 24.3 Å².